The van der Waals surface area contributed by atoms with Crippen LogP contribution in [0.1, 0.15) is 0 Å². The number of fused-ring (bicyclic) bond motifs is 5. The van der Waals surface area contributed by atoms with E-state index in [1.54, 1.807) is 43.5 Å². The maximum atomic E-state index is 4.39. The van der Waals surface area contributed by atoms with E-state index in [0.717, 1.165) is 5.36 Å². The van der Waals surface area contributed by atoms with Crippen LogP contribution in [0.2, 0.25) is 0 Å². The summed E-state index contributed by atoms with van der Waals surface area (Å²) in [6.45, 7) is 0. The Labute approximate surface area is 107 Å². The summed E-state index contributed by atoms with van der Waals surface area (Å²) in [4.78, 5) is 2.66. The van der Waals surface area contributed by atoms with E-state index in [1.165, 1.54) is 25.9 Å². The summed E-state index contributed by atoms with van der Waals surface area (Å²) in [6.07, 6.45) is 0. The molecule has 0 saturated carbocycles. The molecule has 2 aliphatic rings. The highest BCUT2D eigenvalue weighted by Gasteiger charge is 2.19. The molecule has 6 heteroatoms. The third kappa shape index (κ3) is 1.27. The molecule has 0 amide bonds. The monoisotopic (exact) mass is 281 g/mol. The van der Waals surface area contributed by atoms with Crippen molar-refractivity contribution in [1.82, 2.24) is 0 Å². The molecule has 0 fully saturated rings. The van der Waals surface area contributed by atoms with Crippen LogP contribution in [0.3, 0.4) is 0 Å². The van der Waals surface area contributed by atoms with Crippen LogP contribution < -0.4 is 15.1 Å². The molecule has 0 atom stereocenters. The van der Waals surface area contributed by atoms with Gasteiger partial charge in [0.1, 0.15) is 4.90 Å². The second kappa shape index (κ2) is 3.60. The Morgan fingerprint density at radius 2 is 1.81 bits per heavy atom. The standard InChI is InChI=1S/C10H4N2S4/c1-3-7-10(14-15-11-7)6-2-4-8-9(5(1)6)13-16-12-8/h1-4H/p+1. The van der Waals surface area contributed by atoms with Crippen molar-refractivity contribution in [3.63, 3.8) is 0 Å². The molecule has 0 aromatic heterocycles. The number of hydrogen-bond donors (Lipinski definition) is 1. The summed E-state index contributed by atoms with van der Waals surface area (Å²) in [6, 6.07) is 8.66. The maximum Gasteiger partial charge on any atom is 0.236 e. The number of benzene rings is 2. The molecule has 0 unspecified atom stereocenters. The van der Waals surface area contributed by atoms with Crippen LogP contribution in [0.25, 0.3) is 10.8 Å². The first-order chi connectivity index (χ1) is 7.93. The average molecular weight is 281 g/mol. The van der Waals surface area contributed by atoms with E-state index in [4.69, 9.17) is 0 Å². The van der Waals surface area contributed by atoms with Gasteiger partial charge in [0.05, 0.1) is 10.3 Å². The normalized spacial score (nSPS) is 16.8. The van der Waals surface area contributed by atoms with E-state index < -0.39 is 0 Å². The fourth-order valence-electron chi connectivity index (χ4n) is 1.87. The van der Waals surface area contributed by atoms with Crippen LogP contribution in [0.4, 0.5) is 0 Å². The van der Waals surface area contributed by atoms with Crippen molar-refractivity contribution < 1.29 is 4.40 Å². The van der Waals surface area contributed by atoms with Gasteiger partial charge in [-0.25, -0.2) is 4.40 Å². The summed E-state index contributed by atoms with van der Waals surface area (Å²) in [5.41, 5.74) is 0. The van der Waals surface area contributed by atoms with Crippen molar-refractivity contribution >= 4 is 54.3 Å². The molecule has 2 heterocycles. The Bertz CT molecular complexity index is 662. The van der Waals surface area contributed by atoms with Crippen LogP contribution in [0.5, 0.6) is 0 Å². The zero-order chi connectivity index (χ0) is 10.5. The lowest BCUT2D eigenvalue weighted by atomic mass is 10.1. The summed E-state index contributed by atoms with van der Waals surface area (Å²) in [5.74, 6) is 0. The minimum atomic E-state index is 1.12. The first-order valence-electron chi connectivity index (χ1n) is 4.67. The van der Waals surface area contributed by atoms with Gasteiger partial charge in [-0.1, -0.05) is 6.07 Å². The van der Waals surface area contributed by atoms with Crippen LogP contribution in [-0.4, -0.2) is 0 Å². The zero-order valence-corrected chi connectivity index (χ0v) is 11.2. The maximum absolute atomic E-state index is 4.39. The van der Waals surface area contributed by atoms with E-state index in [1.807, 2.05) is 0 Å². The first kappa shape index (κ1) is 9.70. The molecule has 16 heavy (non-hydrogen) atoms. The third-order valence-electron chi connectivity index (χ3n) is 2.61. The molecule has 0 radical (unpaired) electrons. The minimum Gasteiger partial charge on any atom is -0.204 e. The molecule has 4 rings (SSSR count). The highest BCUT2D eigenvalue weighted by atomic mass is 33.1. The highest BCUT2D eigenvalue weighted by Crippen LogP contribution is 2.40. The lowest BCUT2D eigenvalue weighted by Gasteiger charge is -2.01. The number of hydrogen-bond acceptors (Lipinski definition) is 5. The van der Waals surface area contributed by atoms with Crippen LogP contribution >= 0.6 is 43.5 Å². The van der Waals surface area contributed by atoms with Crippen molar-refractivity contribution in [1.29, 1.82) is 0 Å². The zero-order valence-electron chi connectivity index (χ0n) is 7.89. The summed E-state index contributed by atoms with van der Waals surface area (Å²) < 4.78 is 7.70. The highest BCUT2D eigenvalue weighted by molar-refractivity contribution is 8.76. The van der Waals surface area contributed by atoms with Gasteiger partial charge in [-0.2, -0.15) is 4.40 Å². The second-order valence-electron chi connectivity index (χ2n) is 3.47. The van der Waals surface area contributed by atoms with E-state index in [2.05, 4.69) is 33.1 Å². The van der Waals surface area contributed by atoms with Gasteiger partial charge in [-0.3, -0.25) is 0 Å². The molecule has 2 aliphatic heterocycles. The Hall–Kier alpha value is -0.300. The Kier molecular flexibility index (Phi) is 2.18. The molecular weight excluding hydrogens is 276 g/mol. The fourth-order valence-corrected chi connectivity index (χ4v) is 5.95. The van der Waals surface area contributed by atoms with Gasteiger partial charge >= 0.3 is 0 Å². The topological polar surface area (TPSA) is 26.3 Å². The Morgan fingerprint density at radius 3 is 2.81 bits per heavy atom. The Morgan fingerprint density at radius 1 is 0.938 bits per heavy atom. The van der Waals surface area contributed by atoms with Crippen molar-refractivity contribution in [2.24, 2.45) is 4.40 Å². The van der Waals surface area contributed by atoms with Crippen LogP contribution in [0.15, 0.2) is 38.5 Å². The Balaban J connectivity index is 2.22. The quantitative estimate of drug-likeness (QED) is 0.585. The minimum absolute atomic E-state index is 1.12. The SMILES string of the molecule is c1cc2c3c(ccc2c2c1=NSS2)=[NH+]SS3. The van der Waals surface area contributed by atoms with E-state index >= 15 is 0 Å². The van der Waals surface area contributed by atoms with Gasteiger partial charge in [-0.05, 0) is 22.9 Å². The first-order valence-corrected chi connectivity index (χ1v) is 8.93. The molecule has 0 bridgehead atoms. The van der Waals surface area contributed by atoms with E-state index in [9.17, 15) is 0 Å². The number of rotatable bonds is 0. The van der Waals surface area contributed by atoms with E-state index in [-0.39, 0.29) is 0 Å². The largest absolute Gasteiger partial charge is 0.236 e. The molecule has 1 N–H and O–H groups in total. The van der Waals surface area contributed by atoms with Gasteiger partial charge < -0.3 is 0 Å². The van der Waals surface area contributed by atoms with Gasteiger partial charge in [0.15, 0.2) is 0 Å². The average Bonchev–Trinajstić information content (AvgIpc) is 2.96. The van der Waals surface area contributed by atoms with Crippen LogP contribution in [-0.2, 0) is 0 Å². The van der Waals surface area contributed by atoms with Crippen LogP contribution in [0, 0.1) is 0 Å². The predicted molar refractivity (Wildman–Crippen MR) is 71.7 cm³/mol. The molecule has 0 aliphatic carbocycles. The predicted octanol–water partition coefficient (Wildman–Crippen LogP) is 1.50. The summed E-state index contributed by atoms with van der Waals surface area (Å²) >= 11 is 0. The van der Waals surface area contributed by atoms with Gasteiger partial charge in [0, 0.05) is 38.6 Å². The van der Waals surface area contributed by atoms with Gasteiger partial charge in [0.2, 0.25) is 16.3 Å². The summed E-state index contributed by atoms with van der Waals surface area (Å²) in [5, 5.41) is 5.01. The molecule has 0 spiro atoms. The van der Waals surface area contributed by atoms with Crippen molar-refractivity contribution in [2.75, 3.05) is 0 Å². The fraction of sp³-hybridized carbons (Fsp3) is 0. The molecular formula is C10H5N2S4+. The summed E-state index contributed by atoms with van der Waals surface area (Å²) in [7, 11) is 6.81. The lowest BCUT2D eigenvalue weighted by molar-refractivity contribution is -0.294. The van der Waals surface area contributed by atoms with E-state index in [0.29, 0.717) is 0 Å². The van der Waals surface area contributed by atoms with Gasteiger partial charge in [0.25, 0.3) is 0 Å². The third-order valence-corrected chi connectivity index (χ3v) is 6.50. The molecule has 2 aromatic rings. The number of nitrogens with zero attached hydrogens (tertiary/aromatic N) is 1. The lowest BCUT2D eigenvalue weighted by Crippen LogP contribution is -2.64. The van der Waals surface area contributed by atoms with Crippen molar-refractivity contribution in [3.8, 4) is 0 Å². The smallest absolute Gasteiger partial charge is 0.204 e. The molecule has 0 saturated heterocycles. The van der Waals surface area contributed by atoms with Crippen molar-refractivity contribution in [3.05, 3.63) is 35.0 Å². The number of nitrogens with one attached hydrogen (secondary N) is 1. The van der Waals surface area contributed by atoms with Crippen molar-refractivity contribution in [2.45, 2.75) is 9.79 Å². The van der Waals surface area contributed by atoms with Gasteiger partial charge in [-0.15, -0.1) is 0 Å². The molecule has 78 valence electrons. The second-order valence-corrected chi connectivity index (χ2v) is 7.27. The molecule has 2 nitrogen and oxygen atoms in total. The molecule has 2 aromatic carbocycles.